The molecule has 1 aliphatic rings. The second-order valence-electron chi connectivity index (χ2n) is 11.0. The Morgan fingerprint density at radius 2 is 1.85 bits per heavy atom. The van der Waals surface area contributed by atoms with Gasteiger partial charge in [0, 0.05) is 12.6 Å². The van der Waals surface area contributed by atoms with Crippen molar-refractivity contribution in [3.05, 3.63) is 65.0 Å². The van der Waals surface area contributed by atoms with Gasteiger partial charge in [-0.3, -0.25) is 0 Å². The van der Waals surface area contributed by atoms with Crippen molar-refractivity contribution in [1.29, 1.82) is 0 Å². The third-order valence-electron chi connectivity index (χ3n) is 7.57. The molecule has 0 bridgehead atoms. The van der Waals surface area contributed by atoms with Crippen LogP contribution < -0.4 is 10.1 Å². The summed E-state index contributed by atoms with van der Waals surface area (Å²) in [6, 6.07) is 10.5. The van der Waals surface area contributed by atoms with Crippen LogP contribution in [-0.2, 0) is 12.7 Å². The van der Waals surface area contributed by atoms with E-state index in [1.54, 1.807) is 10.6 Å². The molecule has 2 heterocycles. The molecule has 0 spiro atoms. The number of imidazole rings is 1. The predicted molar refractivity (Wildman–Crippen MR) is 145 cm³/mol. The maximum absolute atomic E-state index is 13.2. The number of aromatic carboxylic acids is 1. The molecule has 1 fully saturated rings. The van der Waals surface area contributed by atoms with Crippen molar-refractivity contribution in [3.8, 4) is 17.1 Å². The Hall–Kier alpha value is -4.15. The average molecular weight is 554 g/mol. The summed E-state index contributed by atoms with van der Waals surface area (Å²) in [5.74, 6) is -0.0860. The van der Waals surface area contributed by atoms with E-state index in [1.807, 2.05) is 26.0 Å². The van der Waals surface area contributed by atoms with Crippen LogP contribution in [0.15, 0.2) is 42.5 Å². The maximum atomic E-state index is 13.2. The number of carbonyl (C=O) groups is 1. The van der Waals surface area contributed by atoms with E-state index in [4.69, 9.17) is 9.72 Å². The lowest BCUT2D eigenvalue weighted by atomic mass is 10.1. The Morgan fingerprint density at radius 3 is 2.42 bits per heavy atom. The van der Waals surface area contributed by atoms with Crippen LogP contribution in [-0.4, -0.2) is 43.7 Å². The Labute approximate surface area is 229 Å². The smallest absolute Gasteiger partial charge is 0.416 e. The molecule has 2 atom stereocenters. The molecule has 0 radical (unpaired) electrons. The summed E-state index contributed by atoms with van der Waals surface area (Å²) in [6.45, 7) is 8.42. The van der Waals surface area contributed by atoms with Gasteiger partial charge in [-0.15, -0.1) is 0 Å². The van der Waals surface area contributed by atoms with Gasteiger partial charge in [-0.25, -0.2) is 19.7 Å². The molecule has 1 saturated carbocycles. The summed E-state index contributed by atoms with van der Waals surface area (Å²) >= 11 is 0. The van der Waals surface area contributed by atoms with E-state index >= 15 is 0 Å². The number of aryl methyl sites for hydroxylation is 1. The fraction of sp³-hybridized carbons (Fsp3) is 0.379. The number of alkyl halides is 3. The van der Waals surface area contributed by atoms with Crippen LogP contribution in [0.3, 0.4) is 0 Å². The molecule has 2 aromatic heterocycles. The number of anilines is 1. The zero-order chi connectivity index (χ0) is 29.0. The minimum atomic E-state index is -4.45. The molecule has 0 saturated heterocycles. The normalized spacial score (nSPS) is 17.1. The van der Waals surface area contributed by atoms with Crippen LogP contribution >= 0.6 is 0 Å². The van der Waals surface area contributed by atoms with Crippen LogP contribution in [0.25, 0.3) is 22.6 Å². The van der Waals surface area contributed by atoms with Crippen LogP contribution in [0, 0.1) is 18.3 Å². The van der Waals surface area contributed by atoms with Crippen molar-refractivity contribution in [2.45, 2.75) is 52.9 Å². The standard InChI is InChI=1S/C29H30F3N5O3/c1-15-6-11-21(40-5)19(12-15)26-36-24-22(37(26)14-17-7-9-18(10-8-17)29(30,31)32)23(34-25(35-24)27(38)39)33-16(2)20-13-28(20,3)4/h6-12,16,20H,13-14H2,1-5H3,(H,38,39)(H,33,34,35)/t16?,20-/m0/s1. The van der Waals surface area contributed by atoms with Crippen LogP contribution in [0.1, 0.15) is 54.5 Å². The molecule has 5 rings (SSSR count). The third kappa shape index (κ3) is 5.20. The van der Waals surface area contributed by atoms with Gasteiger partial charge in [0.2, 0.25) is 5.82 Å². The van der Waals surface area contributed by atoms with Gasteiger partial charge >= 0.3 is 12.1 Å². The third-order valence-corrected chi connectivity index (χ3v) is 7.57. The summed E-state index contributed by atoms with van der Waals surface area (Å²) in [5.41, 5.74) is 2.16. The number of carboxylic acids is 1. The van der Waals surface area contributed by atoms with Crippen molar-refractivity contribution in [1.82, 2.24) is 19.5 Å². The molecule has 40 heavy (non-hydrogen) atoms. The fourth-order valence-electron chi connectivity index (χ4n) is 5.25. The van der Waals surface area contributed by atoms with Gasteiger partial charge in [-0.2, -0.15) is 13.2 Å². The summed E-state index contributed by atoms with van der Waals surface area (Å²) < 4.78 is 47.0. The number of benzene rings is 2. The van der Waals surface area contributed by atoms with Gasteiger partial charge in [0.25, 0.3) is 0 Å². The highest BCUT2D eigenvalue weighted by atomic mass is 19.4. The van der Waals surface area contributed by atoms with Crippen LogP contribution in [0.5, 0.6) is 5.75 Å². The van der Waals surface area contributed by atoms with Gasteiger partial charge in [-0.05, 0) is 61.4 Å². The van der Waals surface area contributed by atoms with Crippen molar-refractivity contribution in [3.63, 3.8) is 0 Å². The topological polar surface area (TPSA) is 102 Å². The number of nitrogens with one attached hydrogen (secondary N) is 1. The van der Waals surface area contributed by atoms with Gasteiger partial charge in [0.1, 0.15) is 17.1 Å². The van der Waals surface area contributed by atoms with E-state index < -0.39 is 23.5 Å². The molecular formula is C29H30F3N5O3. The summed E-state index contributed by atoms with van der Waals surface area (Å²) in [4.78, 5) is 25.3. The Bertz CT molecular complexity index is 1600. The van der Waals surface area contributed by atoms with E-state index in [0.717, 1.165) is 24.1 Å². The molecule has 0 aliphatic heterocycles. The van der Waals surface area contributed by atoms with E-state index in [-0.39, 0.29) is 23.6 Å². The molecular weight excluding hydrogens is 523 g/mol. The lowest BCUT2D eigenvalue weighted by molar-refractivity contribution is -0.137. The lowest BCUT2D eigenvalue weighted by Crippen LogP contribution is -2.22. The zero-order valence-electron chi connectivity index (χ0n) is 22.8. The fourth-order valence-corrected chi connectivity index (χ4v) is 5.25. The first-order valence-corrected chi connectivity index (χ1v) is 12.9. The number of carboxylic acid groups (broad SMARTS) is 1. The Morgan fingerprint density at radius 1 is 1.18 bits per heavy atom. The molecule has 8 nitrogen and oxygen atoms in total. The SMILES string of the molecule is COc1ccc(C)cc1-c1nc2nc(C(=O)O)nc(NC(C)[C@@H]3CC3(C)C)c2n1Cc1ccc(C(F)(F)F)cc1. The van der Waals surface area contributed by atoms with E-state index in [1.165, 1.54) is 19.2 Å². The number of hydrogen-bond acceptors (Lipinski definition) is 6. The summed E-state index contributed by atoms with van der Waals surface area (Å²) in [7, 11) is 1.53. The summed E-state index contributed by atoms with van der Waals surface area (Å²) in [6.07, 6.45) is -3.44. The number of halogens is 3. The number of rotatable bonds is 8. The first-order valence-electron chi connectivity index (χ1n) is 12.9. The highest BCUT2D eigenvalue weighted by molar-refractivity contribution is 5.92. The monoisotopic (exact) mass is 553 g/mol. The first kappa shape index (κ1) is 27.4. The number of fused-ring (bicyclic) bond motifs is 1. The number of ether oxygens (including phenoxy) is 1. The first-order chi connectivity index (χ1) is 18.8. The maximum Gasteiger partial charge on any atom is 0.416 e. The molecule has 1 aliphatic carbocycles. The molecule has 2 N–H and O–H groups in total. The van der Waals surface area contributed by atoms with Gasteiger partial charge in [-0.1, -0.05) is 37.6 Å². The molecule has 11 heteroatoms. The number of aromatic nitrogens is 4. The number of nitrogens with zero attached hydrogens (tertiary/aromatic N) is 4. The van der Waals surface area contributed by atoms with Crippen molar-refractivity contribution >= 4 is 23.0 Å². The lowest BCUT2D eigenvalue weighted by Gasteiger charge is -2.19. The predicted octanol–water partition coefficient (Wildman–Crippen LogP) is 6.42. The second kappa shape index (κ2) is 9.79. The van der Waals surface area contributed by atoms with Crippen LogP contribution in [0.2, 0.25) is 0 Å². The van der Waals surface area contributed by atoms with Crippen LogP contribution in [0.4, 0.5) is 19.0 Å². The van der Waals surface area contributed by atoms with E-state index in [2.05, 4.69) is 29.1 Å². The van der Waals surface area contributed by atoms with Gasteiger partial charge < -0.3 is 19.7 Å². The molecule has 2 aromatic carbocycles. The second-order valence-corrected chi connectivity index (χ2v) is 11.0. The van der Waals surface area contributed by atoms with E-state index in [9.17, 15) is 23.1 Å². The largest absolute Gasteiger partial charge is 0.496 e. The summed E-state index contributed by atoms with van der Waals surface area (Å²) in [5, 5.41) is 13.1. The molecule has 4 aromatic rings. The minimum Gasteiger partial charge on any atom is -0.496 e. The number of hydrogen-bond donors (Lipinski definition) is 2. The van der Waals surface area contributed by atoms with Gasteiger partial charge in [0.15, 0.2) is 11.5 Å². The quantitative estimate of drug-likeness (QED) is 0.260. The van der Waals surface area contributed by atoms with Crippen molar-refractivity contribution in [2.75, 3.05) is 12.4 Å². The van der Waals surface area contributed by atoms with E-state index in [0.29, 0.717) is 40.0 Å². The zero-order valence-corrected chi connectivity index (χ0v) is 22.8. The number of methoxy groups -OCH3 is 1. The minimum absolute atomic E-state index is 0.0267. The van der Waals surface area contributed by atoms with Crippen molar-refractivity contribution in [2.24, 2.45) is 11.3 Å². The van der Waals surface area contributed by atoms with Crippen molar-refractivity contribution < 1.29 is 27.8 Å². The molecule has 210 valence electrons. The highest BCUT2D eigenvalue weighted by Gasteiger charge is 2.48. The average Bonchev–Trinajstić information content (AvgIpc) is 3.38. The Balaban J connectivity index is 1.72. The molecule has 1 unspecified atom stereocenters. The highest BCUT2D eigenvalue weighted by Crippen LogP contribution is 2.54. The Kier molecular flexibility index (Phi) is 6.71. The molecule has 0 amide bonds. The van der Waals surface area contributed by atoms with Gasteiger partial charge in [0.05, 0.1) is 18.2 Å².